The number of aliphatic hydroxyl groups excluding tert-OH is 1. The van der Waals surface area contributed by atoms with Gasteiger partial charge in [-0.25, -0.2) is 0 Å². The van der Waals surface area contributed by atoms with E-state index in [4.69, 9.17) is 5.73 Å². The van der Waals surface area contributed by atoms with Crippen LogP contribution in [0.5, 0.6) is 0 Å². The molecule has 0 spiro atoms. The Kier molecular flexibility index (Phi) is 5.22. The molecule has 0 aromatic heterocycles. The van der Waals surface area contributed by atoms with Gasteiger partial charge in [0, 0.05) is 13.1 Å². The molecule has 0 radical (unpaired) electrons. The van der Waals surface area contributed by atoms with Gasteiger partial charge in [-0.05, 0) is 25.2 Å². The summed E-state index contributed by atoms with van der Waals surface area (Å²) < 4.78 is 0. The van der Waals surface area contributed by atoms with Gasteiger partial charge < -0.3 is 15.7 Å². The first kappa shape index (κ1) is 13.5. The number of hydrogen-bond acceptors (Lipinski definition) is 3. The van der Waals surface area contributed by atoms with Gasteiger partial charge in [0.1, 0.15) is 0 Å². The minimum Gasteiger partial charge on any atom is -0.394 e. The topological polar surface area (TPSA) is 66.6 Å². The fraction of sp³-hybridized carbons (Fsp3) is 0.917. The number of rotatable bonds is 5. The predicted octanol–water partition coefficient (Wildman–Crippen LogP) is 0.591. The van der Waals surface area contributed by atoms with Crippen LogP contribution in [0, 0.1) is 11.8 Å². The summed E-state index contributed by atoms with van der Waals surface area (Å²) in [6, 6.07) is 0.0220. The summed E-state index contributed by atoms with van der Waals surface area (Å²) in [5.74, 6) is 0.535. The number of carbonyl (C=O) groups is 1. The van der Waals surface area contributed by atoms with Crippen molar-refractivity contribution in [2.24, 2.45) is 17.6 Å². The first-order chi connectivity index (χ1) is 7.60. The highest BCUT2D eigenvalue weighted by molar-refractivity contribution is 5.79. The summed E-state index contributed by atoms with van der Waals surface area (Å²) in [6.07, 6.45) is 2.75. The molecule has 1 aliphatic heterocycles. The Morgan fingerprint density at radius 2 is 2.25 bits per heavy atom. The zero-order valence-electron chi connectivity index (χ0n) is 10.4. The molecule has 0 bridgehead atoms. The number of nitrogens with zero attached hydrogens (tertiary/aromatic N) is 1. The lowest BCUT2D eigenvalue weighted by atomic mass is 9.95. The smallest absolute Gasteiger partial charge is 0.227 e. The summed E-state index contributed by atoms with van der Waals surface area (Å²) in [5.41, 5.74) is 5.67. The van der Waals surface area contributed by atoms with Gasteiger partial charge in [-0.2, -0.15) is 0 Å². The summed E-state index contributed by atoms with van der Waals surface area (Å²) in [4.78, 5) is 14.0. The molecule has 3 N–H and O–H groups in total. The van der Waals surface area contributed by atoms with Crippen molar-refractivity contribution in [2.45, 2.75) is 39.2 Å². The lowest BCUT2D eigenvalue weighted by molar-refractivity contribution is -0.137. The number of amides is 1. The molecule has 0 saturated carbocycles. The Balaban J connectivity index is 2.59. The van der Waals surface area contributed by atoms with Crippen LogP contribution in [0.1, 0.15) is 33.1 Å². The van der Waals surface area contributed by atoms with Gasteiger partial charge in [-0.3, -0.25) is 4.79 Å². The highest BCUT2D eigenvalue weighted by Crippen LogP contribution is 2.22. The quantitative estimate of drug-likeness (QED) is 0.724. The van der Waals surface area contributed by atoms with Gasteiger partial charge in [0.25, 0.3) is 0 Å². The first-order valence-electron chi connectivity index (χ1n) is 6.21. The van der Waals surface area contributed by atoms with E-state index >= 15 is 0 Å². The van der Waals surface area contributed by atoms with E-state index in [1.807, 2.05) is 4.90 Å². The largest absolute Gasteiger partial charge is 0.394 e. The Labute approximate surface area is 97.8 Å². The molecule has 2 atom stereocenters. The van der Waals surface area contributed by atoms with E-state index < -0.39 is 0 Å². The zero-order valence-corrected chi connectivity index (χ0v) is 10.4. The van der Waals surface area contributed by atoms with E-state index in [0.29, 0.717) is 12.5 Å². The monoisotopic (exact) mass is 228 g/mol. The molecule has 0 aromatic rings. The molecular weight excluding hydrogens is 204 g/mol. The van der Waals surface area contributed by atoms with Gasteiger partial charge in [0.2, 0.25) is 5.91 Å². The van der Waals surface area contributed by atoms with Crippen LogP contribution >= 0.6 is 0 Å². The molecule has 1 amide bonds. The molecule has 16 heavy (non-hydrogen) atoms. The van der Waals surface area contributed by atoms with Gasteiger partial charge >= 0.3 is 0 Å². The third kappa shape index (κ3) is 3.19. The normalized spacial score (nSPS) is 22.8. The van der Waals surface area contributed by atoms with Crippen LogP contribution in [0.15, 0.2) is 0 Å². The second-order valence-electron chi connectivity index (χ2n) is 5.07. The van der Waals surface area contributed by atoms with Crippen molar-refractivity contribution >= 4 is 5.91 Å². The van der Waals surface area contributed by atoms with Crippen LogP contribution in [0.4, 0.5) is 0 Å². The summed E-state index contributed by atoms with van der Waals surface area (Å²) in [5, 5.41) is 9.20. The maximum Gasteiger partial charge on any atom is 0.227 e. The van der Waals surface area contributed by atoms with Crippen LogP contribution in [0.2, 0.25) is 0 Å². The molecule has 0 aromatic carbocycles. The minimum absolute atomic E-state index is 0.0220. The van der Waals surface area contributed by atoms with E-state index in [2.05, 4.69) is 13.8 Å². The van der Waals surface area contributed by atoms with E-state index in [-0.39, 0.29) is 24.5 Å². The maximum atomic E-state index is 12.2. The summed E-state index contributed by atoms with van der Waals surface area (Å²) in [6.45, 7) is 5.46. The molecule has 0 aliphatic carbocycles. The molecule has 1 fully saturated rings. The van der Waals surface area contributed by atoms with Crippen LogP contribution in [-0.4, -0.2) is 41.7 Å². The van der Waals surface area contributed by atoms with Crippen molar-refractivity contribution in [2.75, 3.05) is 19.7 Å². The number of nitrogens with two attached hydrogens (primary N) is 1. The first-order valence-corrected chi connectivity index (χ1v) is 6.21. The van der Waals surface area contributed by atoms with Crippen LogP contribution in [0.3, 0.4) is 0 Å². The molecule has 1 unspecified atom stereocenters. The third-order valence-electron chi connectivity index (χ3n) is 3.26. The third-order valence-corrected chi connectivity index (χ3v) is 3.26. The summed E-state index contributed by atoms with van der Waals surface area (Å²) >= 11 is 0. The second kappa shape index (κ2) is 6.21. The molecule has 4 nitrogen and oxygen atoms in total. The molecule has 1 aliphatic rings. The van der Waals surface area contributed by atoms with Gasteiger partial charge in [-0.1, -0.05) is 13.8 Å². The van der Waals surface area contributed by atoms with Crippen molar-refractivity contribution < 1.29 is 9.90 Å². The van der Waals surface area contributed by atoms with Crippen molar-refractivity contribution in [3.63, 3.8) is 0 Å². The van der Waals surface area contributed by atoms with E-state index in [1.54, 1.807) is 0 Å². The van der Waals surface area contributed by atoms with Crippen LogP contribution in [-0.2, 0) is 4.79 Å². The van der Waals surface area contributed by atoms with E-state index in [1.165, 1.54) is 0 Å². The van der Waals surface area contributed by atoms with E-state index in [0.717, 1.165) is 25.8 Å². The average Bonchev–Trinajstić information content (AvgIpc) is 2.72. The highest BCUT2D eigenvalue weighted by Gasteiger charge is 2.32. The van der Waals surface area contributed by atoms with Gasteiger partial charge in [0.05, 0.1) is 18.6 Å². The number of aliphatic hydroxyl groups is 1. The van der Waals surface area contributed by atoms with Crippen molar-refractivity contribution in [1.82, 2.24) is 4.90 Å². The Bertz CT molecular complexity index is 231. The Hall–Kier alpha value is -0.610. The van der Waals surface area contributed by atoms with Crippen molar-refractivity contribution in [3.05, 3.63) is 0 Å². The molecule has 1 rings (SSSR count). The SMILES string of the molecule is CC(C)CC(CN)C(=O)N1CCC[C@H]1CO. The predicted molar refractivity (Wildman–Crippen MR) is 63.8 cm³/mol. The Morgan fingerprint density at radius 3 is 2.75 bits per heavy atom. The number of hydrogen-bond donors (Lipinski definition) is 2. The maximum absolute atomic E-state index is 12.2. The molecule has 1 saturated heterocycles. The van der Waals surface area contributed by atoms with Crippen LogP contribution < -0.4 is 5.73 Å². The molecular formula is C12H24N2O2. The zero-order chi connectivity index (χ0) is 12.1. The van der Waals surface area contributed by atoms with Gasteiger partial charge in [-0.15, -0.1) is 0 Å². The van der Waals surface area contributed by atoms with Crippen LogP contribution in [0.25, 0.3) is 0 Å². The fourth-order valence-electron chi connectivity index (χ4n) is 2.42. The lowest BCUT2D eigenvalue weighted by Gasteiger charge is -2.28. The Morgan fingerprint density at radius 1 is 1.56 bits per heavy atom. The van der Waals surface area contributed by atoms with Crippen molar-refractivity contribution in [1.29, 1.82) is 0 Å². The summed E-state index contributed by atoms with van der Waals surface area (Å²) in [7, 11) is 0. The molecule has 4 heteroatoms. The fourth-order valence-corrected chi connectivity index (χ4v) is 2.42. The van der Waals surface area contributed by atoms with Crippen molar-refractivity contribution in [3.8, 4) is 0 Å². The lowest BCUT2D eigenvalue weighted by Crippen LogP contribution is -2.43. The van der Waals surface area contributed by atoms with Gasteiger partial charge in [0.15, 0.2) is 0 Å². The highest BCUT2D eigenvalue weighted by atomic mass is 16.3. The number of carbonyl (C=O) groups excluding carboxylic acids is 1. The minimum atomic E-state index is -0.0767. The molecule has 1 heterocycles. The molecule has 94 valence electrons. The van der Waals surface area contributed by atoms with E-state index in [9.17, 15) is 9.90 Å². The average molecular weight is 228 g/mol. The number of likely N-dealkylation sites (tertiary alicyclic amines) is 1. The standard InChI is InChI=1S/C12H24N2O2/c1-9(2)6-10(7-13)12(16)14-5-3-4-11(14)8-15/h9-11,15H,3-8,13H2,1-2H3/t10?,11-/m0/s1. The second-order valence-corrected chi connectivity index (χ2v) is 5.07.